The summed E-state index contributed by atoms with van der Waals surface area (Å²) in [5.41, 5.74) is 7.83. The van der Waals surface area contributed by atoms with Crippen LogP contribution in [0.25, 0.3) is 0 Å². The lowest BCUT2D eigenvalue weighted by atomic mass is 9.93. The first-order valence-electron chi connectivity index (χ1n) is 8.76. The third-order valence-corrected chi connectivity index (χ3v) is 4.61. The Morgan fingerprint density at radius 2 is 1.25 bits per heavy atom. The second-order valence-electron chi connectivity index (χ2n) is 6.86. The van der Waals surface area contributed by atoms with Crippen LogP contribution < -0.4 is 10.6 Å². The average Bonchev–Trinajstić information content (AvgIpc) is 2.50. The van der Waals surface area contributed by atoms with E-state index < -0.39 is 4.32 Å². The van der Waals surface area contributed by atoms with E-state index in [1.54, 1.807) is 0 Å². The van der Waals surface area contributed by atoms with Crippen LogP contribution in [0.15, 0.2) is 0 Å². The van der Waals surface area contributed by atoms with Gasteiger partial charge in [0.1, 0.15) is 0 Å². The van der Waals surface area contributed by atoms with Crippen LogP contribution in [0.4, 0.5) is 5.69 Å². The Balaban J connectivity index is 0.00000163. The number of anilines is 1. The van der Waals surface area contributed by atoms with Crippen molar-refractivity contribution in [3.05, 3.63) is 27.8 Å². The van der Waals surface area contributed by atoms with E-state index in [1.165, 1.54) is 39.9 Å². The summed E-state index contributed by atoms with van der Waals surface area (Å²) in [5.74, 6) is 0.00834. The molecule has 0 bridgehead atoms. The number of carbonyl (C=O) groups is 1. The highest BCUT2D eigenvalue weighted by molar-refractivity contribution is 9.10. The van der Waals surface area contributed by atoms with Crippen LogP contribution in [0.1, 0.15) is 61.9 Å². The zero-order chi connectivity index (χ0) is 19.1. The van der Waals surface area contributed by atoms with Crippen molar-refractivity contribution in [2.75, 3.05) is 18.4 Å². The molecule has 0 aliphatic heterocycles. The minimum absolute atomic E-state index is 0.00834. The molecule has 138 valence electrons. The maximum atomic E-state index is 11.8. The average molecular weight is 399 g/mol. The van der Waals surface area contributed by atoms with Crippen LogP contribution in [0.5, 0.6) is 0 Å². The summed E-state index contributed by atoms with van der Waals surface area (Å²) < 4.78 is -0.518. The quantitative estimate of drug-likeness (QED) is 0.518. The van der Waals surface area contributed by atoms with Crippen molar-refractivity contribution in [1.82, 2.24) is 5.32 Å². The third kappa shape index (κ3) is 6.46. The van der Waals surface area contributed by atoms with Crippen molar-refractivity contribution in [2.45, 2.75) is 73.1 Å². The first-order chi connectivity index (χ1) is 11.0. The number of carbonyl (C=O) groups excluding carboxylic acids is 1. The number of amides is 1. The Morgan fingerprint density at radius 1 is 0.875 bits per heavy atom. The van der Waals surface area contributed by atoms with Crippen LogP contribution in [0.3, 0.4) is 0 Å². The topological polar surface area (TPSA) is 41.1 Å². The zero-order valence-corrected chi connectivity index (χ0v) is 18.5. The van der Waals surface area contributed by atoms with Gasteiger partial charge in [-0.25, -0.2) is 0 Å². The summed E-state index contributed by atoms with van der Waals surface area (Å²) in [5, 5.41) is 6.39. The SMILES string of the molecule is CCC.Cc1c(C)c(C)c(NCCNC(=O)C(C)(C)Br)c(C)c1C. The Labute approximate surface area is 157 Å². The minimum atomic E-state index is -0.518. The summed E-state index contributed by atoms with van der Waals surface area (Å²) in [6.45, 7) is 20.1. The Bertz CT molecular complexity index is 531. The maximum absolute atomic E-state index is 11.8. The maximum Gasteiger partial charge on any atom is 0.236 e. The van der Waals surface area contributed by atoms with Crippen LogP contribution in [-0.2, 0) is 4.79 Å². The summed E-state index contributed by atoms with van der Waals surface area (Å²) in [7, 11) is 0. The van der Waals surface area contributed by atoms with Crippen LogP contribution in [-0.4, -0.2) is 23.3 Å². The highest BCUT2D eigenvalue weighted by atomic mass is 79.9. The molecular formula is C20H35BrN2O. The van der Waals surface area contributed by atoms with E-state index in [-0.39, 0.29) is 5.91 Å². The van der Waals surface area contributed by atoms with E-state index in [0.717, 1.165) is 6.54 Å². The van der Waals surface area contributed by atoms with Crippen molar-refractivity contribution in [1.29, 1.82) is 0 Å². The molecule has 0 aliphatic rings. The second-order valence-corrected chi connectivity index (χ2v) is 8.84. The molecule has 2 N–H and O–H groups in total. The number of benzene rings is 1. The number of halogens is 1. The van der Waals surface area contributed by atoms with Gasteiger partial charge >= 0.3 is 0 Å². The summed E-state index contributed by atoms with van der Waals surface area (Å²) in [4.78, 5) is 11.8. The molecule has 0 fully saturated rings. The summed E-state index contributed by atoms with van der Waals surface area (Å²) >= 11 is 3.36. The predicted molar refractivity (Wildman–Crippen MR) is 111 cm³/mol. The summed E-state index contributed by atoms with van der Waals surface area (Å²) in [6.07, 6.45) is 1.25. The third-order valence-electron chi connectivity index (χ3n) is 4.25. The van der Waals surface area contributed by atoms with E-state index in [2.05, 4.69) is 75.0 Å². The van der Waals surface area contributed by atoms with E-state index in [4.69, 9.17) is 0 Å². The van der Waals surface area contributed by atoms with E-state index >= 15 is 0 Å². The van der Waals surface area contributed by atoms with Crippen molar-refractivity contribution in [3.63, 3.8) is 0 Å². The van der Waals surface area contributed by atoms with Crippen molar-refractivity contribution >= 4 is 27.5 Å². The number of rotatable bonds is 5. The predicted octanol–water partition coefficient (Wildman–Crippen LogP) is 5.35. The molecule has 4 heteroatoms. The molecule has 0 atom stereocenters. The molecule has 1 aromatic carbocycles. The van der Waals surface area contributed by atoms with Crippen molar-refractivity contribution < 1.29 is 4.79 Å². The lowest BCUT2D eigenvalue weighted by Crippen LogP contribution is -2.39. The number of hydrogen-bond acceptors (Lipinski definition) is 2. The minimum Gasteiger partial charge on any atom is -0.383 e. The molecule has 1 rings (SSSR count). The molecular weight excluding hydrogens is 364 g/mol. The second kappa shape index (κ2) is 10.1. The number of alkyl halides is 1. The Kier molecular flexibility index (Phi) is 9.64. The fourth-order valence-electron chi connectivity index (χ4n) is 2.34. The zero-order valence-electron chi connectivity index (χ0n) is 16.9. The van der Waals surface area contributed by atoms with Gasteiger partial charge in [0.25, 0.3) is 0 Å². The Hall–Kier alpha value is -1.03. The van der Waals surface area contributed by atoms with Gasteiger partial charge in [0.2, 0.25) is 5.91 Å². The molecule has 0 unspecified atom stereocenters. The smallest absolute Gasteiger partial charge is 0.236 e. The van der Waals surface area contributed by atoms with Gasteiger partial charge in [-0.05, 0) is 76.3 Å². The Morgan fingerprint density at radius 3 is 1.62 bits per heavy atom. The van der Waals surface area contributed by atoms with Gasteiger partial charge in [0.15, 0.2) is 0 Å². The van der Waals surface area contributed by atoms with E-state index in [1.807, 2.05) is 13.8 Å². The number of nitrogens with one attached hydrogen (secondary N) is 2. The molecule has 0 saturated carbocycles. The summed E-state index contributed by atoms with van der Waals surface area (Å²) in [6, 6.07) is 0. The number of hydrogen-bond donors (Lipinski definition) is 2. The van der Waals surface area contributed by atoms with Gasteiger partial charge in [-0.3, -0.25) is 4.79 Å². The fourth-order valence-corrected chi connectivity index (χ4v) is 2.48. The first-order valence-corrected chi connectivity index (χ1v) is 9.56. The monoisotopic (exact) mass is 398 g/mol. The van der Waals surface area contributed by atoms with Crippen molar-refractivity contribution in [3.8, 4) is 0 Å². The molecule has 0 aromatic heterocycles. The molecule has 24 heavy (non-hydrogen) atoms. The van der Waals surface area contributed by atoms with Crippen LogP contribution in [0.2, 0.25) is 0 Å². The van der Waals surface area contributed by atoms with Gasteiger partial charge in [0.05, 0.1) is 4.32 Å². The molecule has 1 aromatic rings. The fraction of sp³-hybridized carbons (Fsp3) is 0.650. The van der Waals surface area contributed by atoms with Gasteiger partial charge < -0.3 is 10.6 Å². The molecule has 0 aliphatic carbocycles. The molecule has 0 saturated heterocycles. The van der Waals surface area contributed by atoms with Gasteiger partial charge in [-0.2, -0.15) is 0 Å². The largest absolute Gasteiger partial charge is 0.383 e. The lowest BCUT2D eigenvalue weighted by molar-refractivity contribution is -0.122. The van der Waals surface area contributed by atoms with Gasteiger partial charge in [-0.1, -0.05) is 36.2 Å². The molecule has 0 spiro atoms. The normalized spacial score (nSPS) is 10.8. The standard InChI is InChI=1S/C17H27BrN2O.C3H8/c1-10-11(2)13(4)15(14(5)12(10)3)19-8-9-20-16(21)17(6,7)18;1-3-2/h19H,8-9H2,1-7H3,(H,20,21);3H2,1-2H3. The highest BCUT2D eigenvalue weighted by Crippen LogP contribution is 2.29. The van der Waals surface area contributed by atoms with E-state index in [0.29, 0.717) is 6.54 Å². The van der Waals surface area contributed by atoms with Gasteiger partial charge in [-0.15, -0.1) is 0 Å². The highest BCUT2D eigenvalue weighted by Gasteiger charge is 2.22. The van der Waals surface area contributed by atoms with E-state index in [9.17, 15) is 4.79 Å². The van der Waals surface area contributed by atoms with Crippen LogP contribution in [0, 0.1) is 34.6 Å². The van der Waals surface area contributed by atoms with Crippen LogP contribution >= 0.6 is 15.9 Å². The van der Waals surface area contributed by atoms with Crippen molar-refractivity contribution in [2.24, 2.45) is 0 Å². The lowest BCUT2D eigenvalue weighted by Gasteiger charge is -2.21. The molecule has 0 radical (unpaired) electrons. The molecule has 1 amide bonds. The van der Waals surface area contributed by atoms with Gasteiger partial charge in [0, 0.05) is 18.8 Å². The molecule has 3 nitrogen and oxygen atoms in total. The first kappa shape index (κ1) is 23.0. The molecule has 0 heterocycles.